The van der Waals surface area contributed by atoms with Gasteiger partial charge in [-0.15, -0.1) is 0 Å². The van der Waals surface area contributed by atoms with E-state index in [9.17, 15) is 0 Å². The van der Waals surface area contributed by atoms with Crippen molar-refractivity contribution < 1.29 is 4.74 Å². The Kier molecular flexibility index (Phi) is 4.58. The molecule has 1 aliphatic heterocycles. The second-order valence-corrected chi connectivity index (χ2v) is 8.46. The van der Waals surface area contributed by atoms with Crippen LogP contribution >= 0.6 is 15.9 Å². The molecule has 1 aliphatic carbocycles. The number of nitrogens with zero attached hydrogens (tertiary/aromatic N) is 2. The van der Waals surface area contributed by atoms with Crippen molar-refractivity contribution in [2.45, 2.75) is 44.4 Å². The number of rotatable bonds is 3. The van der Waals surface area contributed by atoms with Crippen LogP contribution in [-0.2, 0) is 6.54 Å². The van der Waals surface area contributed by atoms with Gasteiger partial charge in [-0.3, -0.25) is 4.98 Å². The molecule has 3 aromatic rings. The lowest BCUT2D eigenvalue weighted by atomic mass is 9.80. The summed E-state index contributed by atoms with van der Waals surface area (Å²) in [5, 5.41) is 3.72. The van der Waals surface area contributed by atoms with Gasteiger partial charge in [-0.1, -0.05) is 40.2 Å². The summed E-state index contributed by atoms with van der Waals surface area (Å²) in [6.45, 7) is 1.000. The SMILES string of the molecule is Brc1cc(OC2CCC(C3NCc4ccccc43)CC2)c2nccnc2c1. The predicted molar refractivity (Wildman–Crippen MR) is 110 cm³/mol. The Bertz CT molecular complexity index is 969. The van der Waals surface area contributed by atoms with Crippen LogP contribution in [0.25, 0.3) is 11.0 Å². The van der Waals surface area contributed by atoms with Gasteiger partial charge < -0.3 is 10.1 Å². The lowest BCUT2D eigenvalue weighted by molar-refractivity contribution is 0.120. The third-order valence-corrected chi connectivity index (χ3v) is 6.35. The van der Waals surface area contributed by atoms with E-state index in [0.29, 0.717) is 12.0 Å². The van der Waals surface area contributed by atoms with Gasteiger partial charge in [0.25, 0.3) is 0 Å². The molecule has 0 amide bonds. The molecule has 2 aliphatic rings. The topological polar surface area (TPSA) is 47.0 Å². The Balaban J connectivity index is 1.28. The fourth-order valence-electron chi connectivity index (χ4n) is 4.57. The molecule has 4 nitrogen and oxygen atoms in total. The van der Waals surface area contributed by atoms with Gasteiger partial charge in [-0.25, -0.2) is 4.98 Å². The van der Waals surface area contributed by atoms with Crippen LogP contribution in [0, 0.1) is 5.92 Å². The van der Waals surface area contributed by atoms with Crippen LogP contribution in [0.15, 0.2) is 53.3 Å². The van der Waals surface area contributed by atoms with Gasteiger partial charge in [0.1, 0.15) is 11.3 Å². The molecule has 1 fully saturated rings. The molecule has 1 saturated carbocycles. The van der Waals surface area contributed by atoms with E-state index >= 15 is 0 Å². The monoisotopic (exact) mass is 423 g/mol. The number of fused-ring (bicyclic) bond motifs is 2. The van der Waals surface area contributed by atoms with Crippen molar-refractivity contribution in [3.63, 3.8) is 0 Å². The highest BCUT2D eigenvalue weighted by Crippen LogP contribution is 2.40. The van der Waals surface area contributed by atoms with Crippen LogP contribution in [-0.4, -0.2) is 16.1 Å². The smallest absolute Gasteiger partial charge is 0.148 e. The zero-order valence-electron chi connectivity index (χ0n) is 15.1. The van der Waals surface area contributed by atoms with E-state index in [1.54, 1.807) is 12.4 Å². The van der Waals surface area contributed by atoms with Crippen molar-refractivity contribution in [3.05, 3.63) is 64.4 Å². The normalized spacial score (nSPS) is 24.7. The number of benzene rings is 2. The average Bonchev–Trinajstić information content (AvgIpc) is 3.13. The summed E-state index contributed by atoms with van der Waals surface area (Å²) < 4.78 is 7.35. The first-order valence-electron chi connectivity index (χ1n) is 9.66. The minimum absolute atomic E-state index is 0.248. The van der Waals surface area contributed by atoms with Crippen LogP contribution < -0.4 is 10.1 Å². The molecular formula is C22H22BrN3O. The Labute approximate surface area is 167 Å². The van der Waals surface area contributed by atoms with Crippen molar-refractivity contribution in [2.24, 2.45) is 5.92 Å². The van der Waals surface area contributed by atoms with Crippen molar-refractivity contribution in [2.75, 3.05) is 0 Å². The first-order valence-corrected chi connectivity index (χ1v) is 10.5. The average molecular weight is 424 g/mol. The molecule has 0 bridgehead atoms. The van der Waals surface area contributed by atoms with Gasteiger partial charge in [0.05, 0.1) is 11.6 Å². The summed E-state index contributed by atoms with van der Waals surface area (Å²) in [6, 6.07) is 13.3. The third kappa shape index (κ3) is 3.34. The number of halogens is 1. The predicted octanol–water partition coefficient (Wildman–Crippen LogP) is 5.17. The minimum atomic E-state index is 0.248. The van der Waals surface area contributed by atoms with Gasteiger partial charge in [-0.05, 0) is 54.9 Å². The lowest BCUT2D eigenvalue weighted by Gasteiger charge is -2.33. The zero-order chi connectivity index (χ0) is 18.2. The molecule has 0 spiro atoms. The molecule has 2 aromatic carbocycles. The second-order valence-electron chi connectivity index (χ2n) is 7.54. The van der Waals surface area contributed by atoms with Crippen LogP contribution in [0.3, 0.4) is 0 Å². The fourth-order valence-corrected chi connectivity index (χ4v) is 4.99. The highest BCUT2D eigenvalue weighted by Gasteiger charge is 2.33. The highest BCUT2D eigenvalue weighted by atomic mass is 79.9. The van der Waals surface area contributed by atoms with Crippen LogP contribution in [0.1, 0.15) is 42.9 Å². The quantitative estimate of drug-likeness (QED) is 0.630. The van der Waals surface area contributed by atoms with E-state index < -0.39 is 0 Å². The van der Waals surface area contributed by atoms with Gasteiger partial charge >= 0.3 is 0 Å². The van der Waals surface area contributed by atoms with E-state index in [-0.39, 0.29) is 6.10 Å². The first-order chi connectivity index (χ1) is 13.3. The molecule has 1 atom stereocenters. The standard InChI is InChI=1S/C22H22BrN3O/c23-16-11-19-22(25-10-9-24-19)20(12-16)27-17-7-5-14(6-8-17)21-18-4-2-1-3-15(18)13-26-21/h1-4,9-12,14,17,21,26H,5-8,13H2. The Morgan fingerprint density at radius 1 is 1.00 bits per heavy atom. The molecule has 1 N–H and O–H groups in total. The minimum Gasteiger partial charge on any atom is -0.488 e. The molecule has 5 heteroatoms. The van der Waals surface area contributed by atoms with Crippen LogP contribution in [0.4, 0.5) is 0 Å². The summed E-state index contributed by atoms with van der Waals surface area (Å²) in [6.07, 6.45) is 8.23. The van der Waals surface area contributed by atoms with Gasteiger partial charge in [0, 0.05) is 29.5 Å². The number of hydrogen-bond acceptors (Lipinski definition) is 4. The van der Waals surface area contributed by atoms with Crippen LogP contribution in [0.5, 0.6) is 5.75 Å². The Morgan fingerprint density at radius 3 is 2.70 bits per heavy atom. The van der Waals surface area contributed by atoms with Gasteiger partial charge in [-0.2, -0.15) is 0 Å². The summed E-state index contributed by atoms with van der Waals surface area (Å²) in [4.78, 5) is 8.87. The number of aromatic nitrogens is 2. The molecule has 27 heavy (non-hydrogen) atoms. The highest BCUT2D eigenvalue weighted by molar-refractivity contribution is 9.10. The van der Waals surface area contributed by atoms with E-state index in [4.69, 9.17) is 4.74 Å². The third-order valence-electron chi connectivity index (χ3n) is 5.89. The van der Waals surface area contributed by atoms with Gasteiger partial charge in [0.15, 0.2) is 0 Å². The van der Waals surface area contributed by atoms with E-state index in [2.05, 4.69) is 55.5 Å². The summed E-state index contributed by atoms with van der Waals surface area (Å²) in [5.74, 6) is 1.52. The molecule has 138 valence electrons. The first kappa shape index (κ1) is 17.1. The van der Waals surface area contributed by atoms with Crippen LogP contribution in [0.2, 0.25) is 0 Å². The number of hydrogen-bond donors (Lipinski definition) is 1. The molecule has 2 heterocycles. The fraction of sp³-hybridized carbons (Fsp3) is 0.364. The molecule has 1 aromatic heterocycles. The largest absolute Gasteiger partial charge is 0.488 e. The molecule has 0 radical (unpaired) electrons. The summed E-state index contributed by atoms with van der Waals surface area (Å²) in [7, 11) is 0. The number of nitrogens with one attached hydrogen (secondary N) is 1. The molecule has 5 rings (SSSR count). The Morgan fingerprint density at radius 2 is 1.81 bits per heavy atom. The number of ether oxygens (including phenoxy) is 1. The maximum atomic E-state index is 6.38. The maximum Gasteiger partial charge on any atom is 0.148 e. The zero-order valence-corrected chi connectivity index (χ0v) is 16.7. The van der Waals surface area contributed by atoms with Crippen molar-refractivity contribution in [1.82, 2.24) is 15.3 Å². The Hall–Kier alpha value is -1.98. The van der Waals surface area contributed by atoms with E-state index in [0.717, 1.165) is 40.6 Å². The van der Waals surface area contributed by atoms with E-state index in [1.807, 2.05) is 12.1 Å². The summed E-state index contributed by atoms with van der Waals surface area (Å²) >= 11 is 3.56. The molecule has 0 saturated heterocycles. The van der Waals surface area contributed by atoms with Crippen molar-refractivity contribution in [1.29, 1.82) is 0 Å². The summed E-state index contributed by atoms with van der Waals surface area (Å²) in [5.41, 5.74) is 4.66. The van der Waals surface area contributed by atoms with Gasteiger partial charge in [0.2, 0.25) is 0 Å². The van der Waals surface area contributed by atoms with Crippen molar-refractivity contribution in [3.8, 4) is 5.75 Å². The second kappa shape index (κ2) is 7.21. The lowest BCUT2D eigenvalue weighted by Crippen LogP contribution is -2.30. The molecular weight excluding hydrogens is 402 g/mol. The maximum absolute atomic E-state index is 6.38. The molecule has 1 unspecified atom stereocenters. The van der Waals surface area contributed by atoms with Crippen molar-refractivity contribution >= 4 is 27.0 Å². The van der Waals surface area contributed by atoms with E-state index in [1.165, 1.54) is 24.0 Å².